The Hall–Kier alpha value is -1.96. The van der Waals surface area contributed by atoms with E-state index >= 15 is 0 Å². The highest BCUT2D eigenvalue weighted by atomic mass is 32.2. The predicted molar refractivity (Wildman–Crippen MR) is 77.6 cm³/mol. The Labute approximate surface area is 126 Å². The summed E-state index contributed by atoms with van der Waals surface area (Å²) in [4.78, 5) is 20.8. The van der Waals surface area contributed by atoms with Crippen LogP contribution < -0.4 is 0 Å². The van der Waals surface area contributed by atoms with Crippen LogP contribution in [0.4, 0.5) is 4.39 Å². The summed E-state index contributed by atoms with van der Waals surface area (Å²) in [6, 6.07) is 2.65. The molecular weight excluding hydrogens is 309 g/mol. The summed E-state index contributed by atoms with van der Waals surface area (Å²) in [5.74, 6) is -0.919. The number of hydrogen-bond acceptors (Lipinski definition) is 4. The van der Waals surface area contributed by atoms with Gasteiger partial charge in [-0.15, -0.1) is 0 Å². The summed E-state index contributed by atoms with van der Waals surface area (Å²) in [7, 11) is -3.11. The average Bonchev–Trinajstić information content (AvgIpc) is 3.14. The van der Waals surface area contributed by atoms with Gasteiger partial charge in [0.15, 0.2) is 9.84 Å². The van der Waals surface area contributed by atoms with Gasteiger partial charge in [-0.25, -0.2) is 17.8 Å². The zero-order chi connectivity index (χ0) is 15.5. The third-order valence-electron chi connectivity index (χ3n) is 4.64. The molecular formula is C14H14FN3O3S. The zero-order valence-electron chi connectivity index (χ0n) is 11.6. The number of rotatable bonds is 1. The minimum atomic E-state index is -3.11. The van der Waals surface area contributed by atoms with Crippen molar-refractivity contribution in [2.75, 3.05) is 18.8 Å². The number of benzene rings is 1. The first-order chi connectivity index (χ1) is 10.5. The number of nitrogens with one attached hydrogen (secondary N) is 1. The van der Waals surface area contributed by atoms with Crippen molar-refractivity contribution < 1.29 is 17.6 Å². The Morgan fingerprint density at radius 2 is 2.18 bits per heavy atom. The van der Waals surface area contributed by atoms with E-state index in [2.05, 4.69) is 9.97 Å². The summed E-state index contributed by atoms with van der Waals surface area (Å²) in [5, 5.41) is -0.492. The molecule has 0 radical (unpaired) electrons. The van der Waals surface area contributed by atoms with Crippen LogP contribution in [0.3, 0.4) is 0 Å². The van der Waals surface area contributed by atoms with Crippen LogP contribution in [-0.2, 0) is 9.84 Å². The summed E-state index contributed by atoms with van der Waals surface area (Å²) in [6.45, 7) is 0.532. The summed E-state index contributed by atoms with van der Waals surface area (Å²) >= 11 is 0. The van der Waals surface area contributed by atoms with Gasteiger partial charge in [0.1, 0.15) is 5.82 Å². The largest absolute Gasteiger partial charge is 0.345 e. The van der Waals surface area contributed by atoms with Crippen LogP contribution in [-0.4, -0.2) is 53.3 Å². The molecule has 22 heavy (non-hydrogen) atoms. The first-order valence-electron chi connectivity index (χ1n) is 7.09. The highest BCUT2D eigenvalue weighted by Crippen LogP contribution is 2.34. The molecule has 1 aromatic carbocycles. The lowest BCUT2D eigenvalue weighted by Crippen LogP contribution is -2.32. The first kappa shape index (κ1) is 13.7. The summed E-state index contributed by atoms with van der Waals surface area (Å²) < 4.78 is 38.0. The van der Waals surface area contributed by atoms with Crippen LogP contribution in [0.2, 0.25) is 0 Å². The van der Waals surface area contributed by atoms with Gasteiger partial charge in [0.05, 0.1) is 33.9 Å². The standard InChI is InChI=1S/C14H14FN3O3S/c15-10-4-12-11(16-7-17-12)3-9(10)14(19)18-5-8-1-2-22(20,21)13(8)6-18/h3-4,7-8,13H,1-2,5-6H2,(H,16,17)/t8-,13+/m0/s1. The number of carbonyl (C=O) groups is 1. The Morgan fingerprint density at radius 1 is 1.36 bits per heavy atom. The van der Waals surface area contributed by atoms with Gasteiger partial charge < -0.3 is 9.88 Å². The second-order valence-corrected chi connectivity index (χ2v) is 8.26. The molecule has 0 bridgehead atoms. The molecule has 2 aliphatic rings. The smallest absolute Gasteiger partial charge is 0.256 e. The van der Waals surface area contributed by atoms with E-state index in [9.17, 15) is 17.6 Å². The third kappa shape index (κ3) is 1.93. The highest BCUT2D eigenvalue weighted by Gasteiger charge is 2.47. The number of aromatic nitrogens is 2. The zero-order valence-corrected chi connectivity index (χ0v) is 12.4. The van der Waals surface area contributed by atoms with E-state index in [1.165, 1.54) is 23.4 Å². The molecule has 2 saturated heterocycles. The average molecular weight is 323 g/mol. The quantitative estimate of drug-likeness (QED) is 0.847. The maximum absolute atomic E-state index is 14.1. The lowest BCUT2D eigenvalue weighted by Gasteiger charge is -2.17. The number of imidazole rings is 1. The lowest BCUT2D eigenvalue weighted by molar-refractivity contribution is 0.0782. The maximum Gasteiger partial charge on any atom is 0.256 e. The number of halogens is 1. The van der Waals surface area contributed by atoms with E-state index < -0.39 is 26.8 Å². The number of carbonyl (C=O) groups excluding carboxylic acids is 1. The van der Waals surface area contributed by atoms with Gasteiger partial charge in [-0.05, 0) is 18.4 Å². The summed E-state index contributed by atoms with van der Waals surface area (Å²) in [5.41, 5.74) is 0.976. The Kier molecular flexibility index (Phi) is 2.81. The van der Waals surface area contributed by atoms with Crippen molar-refractivity contribution in [3.05, 3.63) is 29.8 Å². The van der Waals surface area contributed by atoms with E-state index in [1.807, 2.05) is 0 Å². The second kappa shape index (κ2) is 4.52. The fourth-order valence-corrected chi connectivity index (χ4v) is 5.60. The number of amides is 1. The topological polar surface area (TPSA) is 83.1 Å². The van der Waals surface area contributed by atoms with Crippen LogP contribution in [0, 0.1) is 11.7 Å². The highest BCUT2D eigenvalue weighted by molar-refractivity contribution is 7.92. The van der Waals surface area contributed by atoms with Gasteiger partial charge in [-0.1, -0.05) is 0 Å². The molecule has 1 N–H and O–H groups in total. The molecule has 0 spiro atoms. The minimum absolute atomic E-state index is 0.0221. The fraction of sp³-hybridized carbons (Fsp3) is 0.429. The van der Waals surface area contributed by atoms with E-state index in [0.29, 0.717) is 24.0 Å². The number of fused-ring (bicyclic) bond motifs is 2. The number of hydrogen-bond donors (Lipinski definition) is 1. The number of nitrogens with zero attached hydrogens (tertiary/aromatic N) is 2. The van der Waals surface area contributed by atoms with Crippen LogP contribution in [0.1, 0.15) is 16.8 Å². The molecule has 1 aromatic heterocycles. The first-order valence-corrected chi connectivity index (χ1v) is 8.81. The van der Waals surface area contributed by atoms with Gasteiger partial charge in [-0.3, -0.25) is 4.79 Å². The fourth-order valence-electron chi connectivity index (χ4n) is 3.45. The molecule has 2 atom stereocenters. The van der Waals surface area contributed by atoms with Crippen LogP contribution in [0.5, 0.6) is 0 Å². The number of H-pyrrole nitrogens is 1. The van der Waals surface area contributed by atoms with Crippen molar-refractivity contribution in [3.8, 4) is 0 Å². The van der Waals surface area contributed by atoms with E-state index in [4.69, 9.17) is 0 Å². The van der Waals surface area contributed by atoms with Crippen LogP contribution in [0.25, 0.3) is 11.0 Å². The minimum Gasteiger partial charge on any atom is -0.345 e. The van der Waals surface area contributed by atoms with Crippen molar-refractivity contribution in [2.45, 2.75) is 11.7 Å². The molecule has 1 amide bonds. The molecule has 0 aliphatic carbocycles. The van der Waals surface area contributed by atoms with Crippen molar-refractivity contribution in [3.63, 3.8) is 0 Å². The molecule has 2 aromatic rings. The van der Waals surface area contributed by atoms with Crippen LogP contribution >= 0.6 is 0 Å². The third-order valence-corrected chi connectivity index (χ3v) is 6.90. The molecule has 2 fully saturated rings. The van der Waals surface area contributed by atoms with Crippen LogP contribution in [0.15, 0.2) is 18.5 Å². The molecule has 8 heteroatoms. The molecule has 116 valence electrons. The Bertz CT molecular complexity index is 877. The van der Waals surface area contributed by atoms with Gasteiger partial charge in [0.25, 0.3) is 5.91 Å². The van der Waals surface area contributed by atoms with E-state index in [1.54, 1.807) is 0 Å². The Balaban J connectivity index is 1.66. The molecule has 3 heterocycles. The Morgan fingerprint density at radius 3 is 2.95 bits per heavy atom. The second-order valence-electron chi connectivity index (χ2n) is 5.92. The van der Waals surface area contributed by atoms with Gasteiger partial charge in [0, 0.05) is 19.2 Å². The molecule has 0 unspecified atom stereocenters. The van der Waals surface area contributed by atoms with E-state index in [-0.39, 0.29) is 23.8 Å². The molecule has 4 rings (SSSR count). The number of sulfone groups is 1. The van der Waals surface area contributed by atoms with Crippen molar-refractivity contribution in [1.29, 1.82) is 0 Å². The monoisotopic (exact) mass is 323 g/mol. The van der Waals surface area contributed by atoms with Gasteiger partial charge >= 0.3 is 0 Å². The van der Waals surface area contributed by atoms with Crippen molar-refractivity contribution in [1.82, 2.24) is 14.9 Å². The number of likely N-dealkylation sites (tertiary alicyclic amines) is 1. The molecule has 6 nitrogen and oxygen atoms in total. The molecule has 2 aliphatic heterocycles. The van der Waals surface area contributed by atoms with Gasteiger partial charge in [0.2, 0.25) is 0 Å². The lowest BCUT2D eigenvalue weighted by atomic mass is 10.1. The number of aromatic amines is 1. The van der Waals surface area contributed by atoms with Gasteiger partial charge in [-0.2, -0.15) is 0 Å². The predicted octanol–water partition coefficient (Wildman–Crippen LogP) is 0.961. The normalized spacial score (nSPS) is 26.5. The van der Waals surface area contributed by atoms with Crippen molar-refractivity contribution >= 4 is 26.8 Å². The maximum atomic E-state index is 14.1. The molecule has 0 saturated carbocycles. The SMILES string of the molecule is O=C(c1cc2nc[nH]c2cc1F)N1C[C@@H]2CCS(=O)(=O)[C@@H]2C1. The van der Waals surface area contributed by atoms with Crippen molar-refractivity contribution in [2.24, 2.45) is 5.92 Å². The summed E-state index contributed by atoms with van der Waals surface area (Å²) in [6.07, 6.45) is 2.02. The van der Waals surface area contributed by atoms with E-state index in [0.717, 1.165) is 0 Å².